The van der Waals surface area contributed by atoms with Crippen molar-refractivity contribution in [3.8, 4) is 0 Å². The van der Waals surface area contributed by atoms with E-state index in [4.69, 9.17) is 0 Å². The Hall–Kier alpha value is -3.68. The number of carboxylic acid groups (broad SMARTS) is 3. The van der Waals surface area contributed by atoms with E-state index in [0.717, 1.165) is 0 Å². The van der Waals surface area contributed by atoms with Gasteiger partial charge in [-0.2, -0.15) is 0 Å². The topological polar surface area (TPSA) is 120 Å². The van der Waals surface area contributed by atoms with Crippen molar-refractivity contribution in [3.05, 3.63) is 105 Å². The van der Waals surface area contributed by atoms with Crippen molar-refractivity contribution >= 4 is 44.1 Å². The normalized spacial score (nSPS) is 9.65. The molecule has 0 heterocycles. The molecule has 0 aliphatic heterocycles. The van der Waals surface area contributed by atoms with Crippen molar-refractivity contribution < 1.29 is 69.2 Å². The molecule has 3 aromatic rings. The van der Waals surface area contributed by atoms with Gasteiger partial charge in [-0.1, -0.05) is 0 Å². The summed E-state index contributed by atoms with van der Waals surface area (Å²) >= 11 is 0. The molecule has 0 N–H and O–H groups in total. The largest absolute Gasteiger partial charge is 3.00 e. The fourth-order valence-electron chi connectivity index (χ4n) is 2.02. The molecule has 0 amide bonds. The van der Waals surface area contributed by atoms with E-state index in [9.17, 15) is 69.2 Å². The van der Waals surface area contributed by atoms with Crippen LogP contribution in [0.4, 0.5) is 39.5 Å². The maximum absolute atomic E-state index is 12.3. The number of carbonyl (C=O) groups excluding carboxylic acids is 3. The molecule has 0 atom stereocenters. The van der Waals surface area contributed by atoms with Gasteiger partial charge >= 0.3 is 26.2 Å². The quantitative estimate of drug-likeness (QED) is 0.226. The molecule has 0 aromatic heterocycles. The van der Waals surface area contributed by atoms with E-state index >= 15 is 0 Å². The summed E-state index contributed by atoms with van der Waals surface area (Å²) in [4.78, 5) is 30.1. The van der Waals surface area contributed by atoms with E-state index in [1.54, 1.807) is 0 Å². The van der Waals surface area contributed by atoms with Crippen LogP contribution in [0, 0.1) is 52.4 Å². The zero-order valence-corrected chi connectivity index (χ0v) is 20.7. The minimum atomic E-state index is -1.76. The van der Waals surface area contributed by atoms with Gasteiger partial charge in [0.05, 0.1) is 17.9 Å². The van der Waals surface area contributed by atoms with Crippen molar-refractivity contribution in [3.63, 3.8) is 0 Å². The number of hydrogen-bond donors (Lipinski definition) is 0. The zero-order valence-electron chi connectivity index (χ0n) is 17.3. The fourth-order valence-corrected chi connectivity index (χ4v) is 2.02. The Balaban J connectivity index is 0.000000518. The van der Waals surface area contributed by atoms with Gasteiger partial charge in [-0.15, -0.1) is 0 Å². The summed E-state index contributed by atoms with van der Waals surface area (Å²) in [6.07, 6.45) is 0. The molecule has 37 heavy (non-hydrogen) atoms. The van der Waals surface area contributed by atoms with Crippen LogP contribution in [0.15, 0.2) is 36.4 Å². The van der Waals surface area contributed by atoms with Crippen molar-refractivity contribution in [1.29, 1.82) is 0 Å². The van der Waals surface area contributed by atoms with E-state index in [1.807, 2.05) is 0 Å². The second kappa shape index (κ2) is 14.2. The van der Waals surface area contributed by atoms with Crippen LogP contribution in [0.3, 0.4) is 0 Å². The molecular formula is C21H6BiF9O6. The molecule has 0 aliphatic carbocycles. The predicted molar refractivity (Wildman–Crippen MR) is 97.7 cm³/mol. The van der Waals surface area contributed by atoms with Gasteiger partial charge < -0.3 is 29.7 Å². The van der Waals surface area contributed by atoms with E-state index in [0.29, 0.717) is 36.4 Å². The van der Waals surface area contributed by atoms with Crippen LogP contribution in [0.5, 0.6) is 0 Å². The molecule has 16 heteroatoms. The van der Waals surface area contributed by atoms with Crippen molar-refractivity contribution in [1.82, 2.24) is 0 Å². The number of carboxylic acids is 3. The molecule has 6 nitrogen and oxygen atoms in total. The number of halogens is 9. The minimum Gasteiger partial charge on any atom is -0.545 e. The Bertz CT molecular complexity index is 1100. The van der Waals surface area contributed by atoms with Gasteiger partial charge in [-0.25, -0.2) is 39.5 Å². The Labute approximate surface area is 218 Å². The zero-order chi connectivity index (χ0) is 27.9. The number of hydrogen-bond acceptors (Lipinski definition) is 6. The summed E-state index contributed by atoms with van der Waals surface area (Å²) in [5.41, 5.74) is -2.19. The molecule has 0 bridgehead atoms. The molecule has 3 rings (SSSR count). The van der Waals surface area contributed by atoms with Crippen LogP contribution in [0.2, 0.25) is 0 Å². The first kappa shape index (κ1) is 33.3. The van der Waals surface area contributed by atoms with Gasteiger partial charge in [0.2, 0.25) is 0 Å². The van der Waals surface area contributed by atoms with Crippen LogP contribution in [0.25, 0.3) is 0 Å². The Morgan fingerprint density at radius 3 is 0.649 bits per heavy atom. The summed E-state index contributed by atoms with van der Waals surface area (Å²) in [5, 5.41) is 30.1. The Morgan fingerprint density at radius 2 is 0.541 bits per heavy atom. The summed E-state index contributed by atoms with van der Waals surface area (Å²) in [5.74, 6) is -19.6. The SMILES string of the molecule is O=C([O-])c1cc(F)c(F)c(F)c1.O=C([O-])c1cc(F)c(F)c(F)c1.O=C([O-])c1cc(F)c(F)c(F)c1.[Bi+3]. The first-order valence-electron chi connectivity index (χ1n) is 8.64. The minimum absolute atomic E-state index is 0. The summed E-state index contributed by atoms with van der Waals surface area (Å²) < 4.78 is 110. The molecule has 0 saturated carbocycles. The number of carbonyl (C=O) groups is 3. The second-order valence-corrected chi connectivity index (χ2v) is 6.12. The molecule has 3 aromatic carbocycles. The third kappa shape index (κ3) is 9.37. The van der Waals surface area contributed by atoms with E-state index in [2.05, 4.69) is 0 Å². The third-order valence-electron chi connectivity index (χ3n) is 3.66. The van der Waals surface area contributed by atoms with Gasteiger partial charge in [0, 0.05) is 16.7 Å². The van der Waals surface area contributed by atoms with Crippen molar-refractivity contribution in [2.24, 2.45) is 0 Å². The molecular weight excluding hydrogens is 728 g/mol. The van der Waals surface area contributed by atoms with Gasteiger partial charge in [0.15, 0.2) is 52.4 Å². The van der Waals surface area contributed by atoms with Gasteiger partial charge in [0.25, 0.3) is 0 Å². The number of aromatic carboxylic acids is 3. The molecule has 0 fully saturated rings. The monoisotopic (exact) mass is 734 g/mol. The van der Waals surface area contributed by atoms with Gasteiger partial charge in [-0.05, 0) is 36.4 Å². The summed E-state index contributed by atoms with van der Waals surface area (Å²) in [7, 11) is 0. The van der Waals surface area contributed by atoms with E-state index in [1.165, 1.54) is 0 Å². The fraction of sp³-hybridized carbons (Fsp3) is 0. The summed E-state index contributed by atoms with van der Waals surface area (Å²) in [6, 6.07) is 2.13. The number of rotatable bonds is 3. The Kier molecular flexibility index (Phi) is 12.8. The van der Waals surface area contributed by atoms with Crippen LogP contribution >= 0.6 is 0 Å². The first-order valence-corrected chi connectivity index (χ1v) is 8.64. The predicted octanol–water partition coefficient (Wildman–Crippen LogP) is 1.02. The van der Waals surface area contributed by atoms with Crippen LogP contribution < -0.4 is 15.3 Å². The van der Waals surface area contributed by atoms with Crippen molar-refractivity contribution in [2.45, 2.75) is 0 Å². The first-order chi connectivity index (χ1) is 16.6. The maximum Gasteiger partial charge on any atom is 3.00 e. The van der Waals surface area contributed by atoms with Gasteiger partial charge in [0.1, 0.15) is 0 Å². The third-order valence-corrected chi connectivity index (χ3v) is 3.66. The molecule has 2 radical (unpaired) electrons. The van der Waals surface area contributed by atoms with E-state index < -0.39 is 87.0 Å². The standard InChI is InChI=1S/3C7H3F3O2.Bi/c3*8-4-1-3(7(11)12)2-5(9)6(4)10;/h3*1-2H,(H,11,12);/q;;;+3/p-3. The average Bonchev–Trinajstić information content (AvgIpc) is 2.79. The van der Waals surface area contributed by atoms with Gasteiger partial charge in [-0.3, -0.25) is 0 Å². The smallest absolute Gasteiger partial charge is 0.545 e. The van der Waals surface area contributed by atoms with Crippen molar-refractivity contribution in [2.75, 3.05) is 0 Å². The molecule has 0 aliphatic rings. The summed E-state index contributed by atoms with van der Waals surface area (Å²) in [6.45, 7) is 0. The van der Waals surface area contributed by atoms with Crippen LogP contribution in [0.1, 0.15) is 31.1 Å². The molecule has 0 spiro atoms. The molecule has 0 unspecified atom stereocenters. The molecule has 194 valence electrons. The van der Waals surface area contributed by atoms with E-state index in [-0.39, 0.29) is 26.2 Å². The Morgan fingerprint density at radius 1 is 0.405 bits per heavy atom. The maximum atomic E-state index is 12.3. The molecule has 0 saturated heterocycles. The second-order valence-electron chi connectivity index (χ2n) is 6.12. The van der Waals surface area contributed by atoms with Crippen LogP contribution in [-0.4, -0.2) is 44.1 Å². The van der Waals surface area contributed by atoms with Crippen LogP contribution in [-0.2, 0) is 0 Å². The number of benzene rings is 3. The average molecular weight is 734 g/mol.